The van der Waals surface area contributed by atoms with E-state index in [9.17, 15) is 13.2 Å². The molecule has 1 aliphatic heterocycles. The van der Waals surface area contributed by atoms with Crippen molar-refractivity contribution in [1.29, 1.82) is 0 Å². The van der Waals surface area contributed by atoms with E-state index in [1.807, 2.05) is 0 Å². The van der Waals surface area contributed by atoms with Crippen molar-refractivity contribution in [2.75, 3.05) is 6.61 Å². The van der Waals surface area contributed by atoms with Gasteiger partial charge in [0.05, 0.1) is 6.54 Å². The molecule has 1 aliphatic rings. The molecule has 1 saturated heterocycles. The lowest BCUT2D eigenvalue weighted by Crippen LogP contribution is -2.37. The Morgan fingerprint density at radius 1 is 1.47 bits per heavy atom. The molecule has 0 radical (unpaired) electrons. The molecule has 5 nitrogen and oxygen atoms in total. The van der Waals surface area contributed by atoms with Gasteiger partial charge in [-0.2, -0.15) is 0 Å². The number of halogens is 1. The summed E-state index contributed by atoms with van der Waals surface area (Å²) < 4.78 is 27.7. The molecule has 1 amide bonds. The second-order valence-corrected chi connectivity index (χ2v) is 8.19. The standard InChI is InChI=1S/C11H14ClNO4S2/c12-19(15,16)10-5-4-8(18-10)7-13-11(14)9-3-1-2-6-17-9/h4-5,9H,1-3,6-7H2,(H,13,14). The Hall–Kier alpha value is -0.630. The number of nitrogens with one attached hydrogen (secondary N) is 1. The number of amides is 1. The van der Waals surface area contributed by atoms with Crippen molar-refractivity contribution in [2.45, 2.75) is 36.1 Å². The third-order valence-corrected chi connectivity index (χ3v) is 5.96. The lowest BCUT2D eigenvalue weighted by molar-refractivity contribution is -0.135. The van der Waals surface area contributed by atoms with Crippen LogP contribution >= 0.6 is 22.0 Å². The fraction of sp³-hybridized carbons (Fsp3) is 0.545. The molecular formula is C11H14ClNO4S2. The molecule has 106 valence electrons. The Bertz CT molecular complexity index is 549. The van der Waals surface area contributed by atoms with Crippen molar-refractivity contribution in [3.05, 3.63) is 17.0 Å². The molecule has 0 aliphatic carbocycles. The lowest BCUT2D eigenvalue weighted by atomic mass is 10.1. The van der Waals surface area contributed by atoms with Crippen LogP contribution in [0.2, 0.25) is 0 Å². The number of hydrogen-bond donors (Lipinski definition) is 1. The van der Waals surface area contributed by atoms with E-state index in [1.54, 1.807) is 6.07 Å². The number of thiophene rings is 1. The van der Waals surface area contributed by atoms with Crippen molar-refractivity contribution in [2.24, 2.45) is 0 Å². The largest absolute Gasteiger partial charge is 0.368 e. The van der Waals surface area contributed by atoms with Crippen LogP contribution in [-0.4, -0.2) is 27.0 Å². The van der Waals surface area contributed by atoms with Crippen molar-refractivity contribution in [1.82, 2.24) is 5.32 Å². The fourth-order valence-electron chi connectivity index (χ4n) is 1.82. The summed E-state index contributed by atoms with van der Waals surface area (Å²) in [7, 11) is 1.54. The summed E-state index contributed by atoms with van der Waals surface area (Å²) in [6.45, 7) is 0.904. The van der Waals surface area contributed by atoms with Gasteiger partial charge in [-0.1, -0.05) is 0 Å². The Morgan fingerprint density at radius 3 is 2.84 bits per heavy atom. The van der Waals surface area contributed by atoms with E-state index in [4.69, 9.17) is 15.4 Å². The van der Waals surface area contributed by atoms with E-state index in [2.05, 4.69) is 5.32 Å². The van der Waals surface area contributed by atoms with Gasteiger partial charge in [0.2, 0.25) is 5.91 Å². The van der Waals surface area contributed by atoms with Crippen LogP contribution in [0.4, 0.5) is 0 Å². The number of carbonyl (C=O) groups is 1. The van der Waals surface area contributed by atoms with Crippen LogP contribution in [0.3, 0.4) is 0 Å². The van der Waals surface area contributed by atoms with Gasteiger partial charge in [-0.05, 0) is 31.4 Å². The van der Waals surface area contributed by atoms with Crippen LogP contribution in [0, 0.1) is 0 Å². The van der Waals surface area contributed by atoms with Crippen LogP contribution in [0.15, 0.2) is 16.3 Å². The van der Waals surface area contributed by atoms with Crippen molar-refractivity contribution >= 4 is 37.0 Å². The summed E-state index contributed by atoms with van der Waals surface area (Å²) >= 11 is 1.05. The summed E-state index contributed by atoms with van der Waals surface area (Å²) in [6, 6.07) is 3.08. The monoisotopic (exact) mass is 323 g/mol. The van der Waals surface area contributed by atoms with Crippen molar-refractivity contribution < 1.29 is 17.9 Å². The second-order valence-electron chi connectivity index (χ2n) is 4.23. The van der Waals surface area contributed by atoms with Gasteiger partial charge < -0.3 is 10.1 Å². The molecule has 1 atom stereocenters. The Morgan fingerprint density at radius 2 is 2.26 bits per heavy atom. The molecule has 1 fully saturated rings. The Labute approximate surface area is 120 Å². The van der Waals surface area contributed by atoms with Crippen LogP contribution in [0.1, 0.15) is 24.1 Å². The molecule has 19 heavy (non-hydrogen) atoms. The van der Waals surface area contributed by atoms with Gasteiger partial charge in [0, 0.05) is 22.2 Å². The summed E-state index contributed by atoms with van der Waals surface area (Å²) in [5, 5.41) is 2.74. The average Bonchev–Trinajstić information content (AvgIpc) is 2.86. The van der Waals surface area contributed by atoms with E-state index < -0.39 is 9.05 Å². The first kappa shape index (κ1) is 14.8. The van der Waals surface area contributed by atoms with Gasteiger partial charge in [-0.3, -0.25) is 4.79 Å². The minimum atomic E-state index is -3.69. The molecule has 1 aromatic rings. The third-order valence-electron chi connectivity index (χ3n) is 2.79. The molecule has 0 bridgehead atoms. The van der Waals surface area contributed by atoms with Gasteiger partial charge in [0.25, 0.3) is 9.05 Å². The average molecular weight is 324 g/mol. The molecule has 8 heteroatoms. The first-order valence-electron chi connectivity index (χ1n) is 5.89. The zero-order valence-corrected chi connectivity index (χ0v) is 12.5. The topological polar surface area (TPSA) is 72.5 Å². The van der Waals surface area contributed by atoms with Gasteiger partial charge in [0.15, 0.2) is 0 Å². The van der Waals surface area contributed by atoms with Crippen LogP contribution < -0.4 is 5.32 Å². The highest BCUT2D eigenvalue weighted by atomic mass is 35.7. The minimum absolute atomic E-state index is 0.0901. The van der Waals surface area contributed by atoms with Crippen LogP contribution in [0.25, 0.3) is 0 Å². The predicted octanol–water partition coefficient (Wildman–Crippen LogP) is 1.86. The van der Waals surface area contributed by atoms with Crippen molar-refractivity contribution in [3.63, 3.8) is 0 Å². The number of rotatable bonds is 4. The van der Waals surface area contributed by atoms with Crippen LogP contribution in [-0.2, 0) is 25.1 Å². The second kappa shape index (κ2) is 6.21. The van der Waals surface area contributed by atoms with E-state index in [-0.39, 0.29) is 22.8 Å². The smallest absolute Gasteiger partial charge is 0.270 e. The van der Waals surface area contributed by atoms with E-state index in [0.717, 1.165) is 35.5 Å². The minimum Gasteiger partial charge on any atom is -0.368 e. The third kappa shape index (κ3) is 4.17. The summed E-state index contributed by atoms with van der Waals surface area (Å²) in [5.41, 5.74) is 0. The van der Waals surface area contributed by atoms with Crippen LogP contribution in [0.5, 0.6) is 0 Å². The van der Waals surface area contributed by atoms with Gasteiger partial charge in [-0.15, -0.1) is 11.3 Å². The predicted molar refractivity (Wildman–Crippen MR) is 72.8 cm³/mol. The molecule has 0 saturated carbocycles. The molecule has 1 N–H and O–H groups in total. The number of carbonyl (C=O) groups excluding carboxylic acids is 1. The number of hydrogen-bond acceptors (Lipinski definition) is 5. The molecular weight excluding hydrogens is 310 g/mol. The van der Waals surface area contributed by atoms with Gasteiger partial charge in [0.1, 0.15) is 10.3 Å². The van der Waals surface area contributed by atoms with E-state index in [0.29, 0.717) is 6.61 Å². The Kier molecular flexibility index (Phi) is 4.83. The fourth-order valence-corrected chi connectivity index (χ4v) is 3.88. The highest BCUT2D eigenvalue weighted by molar-refractivity contribution is 8.15. The first-order chi connectivity index (χ1) is 8.97. The SMILES string of the molecule is O=C(NCc1ccc(S(=O)(=O)Cl)s1)C1CCCCO1. The highest BCUT2D eigenvalue weighted by Gasteiger charge is 2.21. The highest BCUT2D eigenvalue weighted by Crippen LogP contribution is 2.24. The van der Waals surface area contributed by atoms with Gasteiger partial charge >= 0.3 is 0 Å². The molecule has 0 spiro atoms. The quantitative estimate of drug-likeness (QED) is 0.858. The molecule has 1 unspecified atom stereocenters. The van der Waals surface area contributed by atoms with Gasteiger partial charge in [-0.25, -0.2) is 8.42 Å². The van der Waals surface area contributed by atoms with Crippen molar-refractivity contribution in [3.8, 4) is 0 Å². The Balaban J connectivity index is 1.88. The molecule has 2 rings (SSSR count). The maximum Gasteiger partial charge on any atom is 0.270 e. The maximum atomic E-state index is 11.8. The zero-order chi connectivity index (χ0) is 13.9. The number of ether oxygens (including phenoxy) is 1. The molecule has 2 heterocycles. The maximum absolute atomic E-state index is 11.8. The van der Waals surface area contributed by atoms with E-state index in [1.165, 1.54) is 6.07 Å². The zero-order valence-electron chi connectivity index (χ0n) is 10.1. The van der Waals surface area contributed by atoms with E-state index >= 15 is 0 Å². The summed E-state index contributed by atoms with van der Waals surface area (Å²) in [6.07, 6.45) is 2.33. The normalized spacial score (nSPS) is 20.2. The summed E-state index contributed by atoms with van der Waals surface area (Å²) in [4.78, 5) is 12.5. The summed E-state index contributed by atoms with van der Waals surface area (Å²) in [5.74, 6) is -0.150. The molecule has 0 aromatic carbocycles. The first-order valence-corrected chi connectivity index (χ1v) is 9.02. The lowest BCUT2D eigenvalue weighted by Gasteiger charge is -2.21. The molecule has 1 aromatic heterocycles.